The lowest BCUT2D eigenvalue weighted by molar-refractivity contribution is 0.0250. The van der Waals surface area contributed by atoms with Crippen molar-refractivity contribution in [3.63, 3.8) is 0 Å². The molecule has 7 heteroatoms. The first-order valence-electron chi connectivity index (χ1n) is 7.33. The molecule has 0 spiro atoms. The van der Waals surface area contributed by atoms with E-state index in [1.165, 1.54) is 0 Å². The summed E-state index contributed by atoms with van der Waals surface area (Å²) in [4.78, 5) is 0. The highest BCUT2D eigenvalue weighted by Gasteiger charge is 2.46. The molecule has 0 aromatic heterocycles. The highest BCUT2D eigenvalue weighted by molar-refractivity contribution is 9.10. The van der Waals surface area contributed by atoms with Gasteiger partial charge in [-0.1, -0.05) is 41.9 Å². The average molecular weight is 407 g/mol. The van der Waals surface area contributed by atoms with E-state index in [1.54, 1.807) is 0 Å². The van der Waals surface area contributed by atoms with Crippen LogP contribution in [0.15, 0.2) is 28.7 Å². The second kappa shape index (κ2) is 6.50. The fourth-order valence-corrected chi connectivity index (χ4v) is 6.50. The molecule has 4 nitrogen and oxygen atoms in total. The molecule has 0 amide bonds. The van der Waals surface area contributed by atoms with Gasteiger partial charge in [0.1, 0.15) is 0 Å². The van der Waals surface area contributed by atoms with E-state index < -0.39 is 21.8 Å². The zero-order chi connectivity index (χ0) is 16.6. The van der Waals surface area contributed by atoms with Crippen LogP contribution in [0.1, 0.15) is 25.3 Å². The molecule has 124 valence electrons. The molecule has 1 heterocycles. The highest BCUT2D eigenvalue weighted by Crippen LogP contribution is 2.65. The van der Waals surface area contributed by atoms with Crippen molar-refractivity contribution in [2.75, 3.05) is 13.2 Å². The van der Waals surface area contributed by atoms with E-state index in [2.05, 4.69) is 35.6 Å². The predicted molar refractivity (Wildman–Crippen MR) is 94.6 cm³/mol. The molecule has 1 unspecified atom stereocenters. The average Bonchev–Trinajstić information content (AvgIpc) is 2.40. The summed E-state index contributed by atoms with van der Waals surface area (Å²) in [6, 6.07) is 7.63. The normalized spacial score (nSPS) is 22.3. The van der Waals surface area contributed by atoms with Crippen LogP contribution in [-0.2, 0) is 18.0 Å². The Morgan fingerprint density at radius 3 is 2.14 bits per heavy atom. The second-order valence-electron chi connectivity index (χ2n) is 7.39. The van der Waals surface area contributed by atoms with E-state index in [9.17, 15) is 4.57 Å². The van der Waals surface area contributed by atoms with E-state index in [-0.39, 0.29) is 5.41 Å². The predicted octanol–water partition coefficient (Wildman–Crippen LogP) is 5.57. The Labute approximate surface area is 142 Å². The minimum atomic E-state index is -3.34. The maximum atomic E-state index is 13.2. The van der Waals surface area contributed by atoms with Crippen molar-refractivity contribution < 1.29 is 18.0 Å². The summed E-state index contributed by atoms with van der Waals surface area (Å²) < 4.78 is 31.8. The number of hydrogen-bond donors (Lipinski definition) is 0. The summed E-state index contributed by atoms with van der Waals surface area (Å²) >= 11 is 3.42. The highest BCUT2D eigenvalue weighted by atomic mass is 79.9. The van der Waals surface area contributed by atoms with Crippen LogP contribution in [0.25, 0.3) is 0 Å². The van der Waals surface area contributed by atoms with E-state index in [1.807, 2.05) is 38.1 Å². The molecule has 0 saturated carbocycles. The Bertz CT molecular complexity index is 554. The van der Waals surface area contributed by atoms with Crippen molar-refractivity contribution >= 4 is 31.8 Å². The summed E-state index contributed by atoms with van der Waals surface area (Å²) in [6.45, 7) is 11.1. The summed E-state index contributed by atoms with van der Waals surface area (Å²) in [6.07, 6.45) is 0. The van der Waals surface area contributed by atoms with Gasteiger partial charge in [-0.2, -0.15) is 0 Å². The molecule has 1 saturated heterocycles. The van der Waals surface area contributed by atoms with Crippen LogP contribution >= 0.6 is 23.5 Å². The molecule has 22 heavy (non-hydrogen) atoms. The Balaban J connectivity index is 2.32. The van der Waals surface area contributed by atoms with Crippen molar-refractivity contribution in [1.82, 2.24) is 0 Å². The summed E-state index contributed by atoms with van der Waals surface area (Å²) in [5, 5.41) is 0. The third-order valence-corrected chi connectivity index (χ3v) is 6.80. The van der Waals surface area contributed by atoms with E-state index in [4.69, 9.17) is 13.5 Å². The monoisotopic (exact) mass is 406 g/mol. The lowest BCUT2D eigenvalue weighted by atomic mass is 9.97. The lowest BCUT2D eigenvalue weighted by Crippen LogP contribution is -2.34. The van der Waals surface area contributed by atoms with E-state index in [0.29, 0.717) is 13.2 Å². The van der Waals surface area contributed by atoms with Gasteiger partial charge in [-0.25, -0.2) is 0 Å². The van der Waals surface area contributed by atoms with Crippen LogP contribution < -0.4 is 0 Å². The Morgan fingerprint density at radius 2 is 1.68 bits per heavy atom. The summed E-state index contributed by atoms with van der Waals surface area (Å²) in [5.74, 6) is -0.664. The minimum Gasteiger partial charge on any atom is -0.400 e. The second-order valence-corrected chi connectivity index (χ2v) is 14.8. The van der Waals surface area contributed by atoms with Gasteiger partial charge in [0, 0.05) is 9.89 Å². The van der Waals surface area contributed by atoms with Crippen LogP contribution in [0, 0.1) is 5.41 Å². The van der Waals surface area contributed by atoms with Gasteiger partial charge in [0.25, 0.3) is 0 Å². The quantitative estimate of drug-likeness (QED) is 0.484. The molecule has 1 aliphatic heterocycles. The lowest BCUT2D eigenvalue weighted by Gasteiger charge is -2.39. The molecular formula is C15H24BrO4PSi. The SMILES string of the molecule is CC1(C)COP(=O)(C(O[Si](C)(C)C)c2ccc(Br)cc2)OC1. The molecule has 2 rings (SSSR count). The molecule has 0 aliphatic carbocycles. The first-order chi connectivity index (χ1) is 10.0. The van der Waals surface area contributed by atoms with Crippen molar-refractivity contribution in [3.05, 3.63) is 34.3 Å². The zero-order valence-electron chi connectivity index (χ0n) is 13.8. The third kappa shape index (κ3) is 4.76. The van der Waals surface area contributed by atoms with E-state index in [0.717, 1.165) is 10.0 Å². The molecule has 0 N–H and O–H groups in total. The molecule has 1 aliphatic rings. The molecule has 0 radical (unpaired) electrons. The van der Waals surface area contributed by atoms with Crippen molar-refractivity contribution in [2.24, 2.45) is 5.41 Å². The van der Waals surface area contributed by atoms with Crippen LogP contribution in [0.2, 0.25) is 19.6 Å². The maximum Gasteiger partial charge on any atom is 0.362 e. The zero-order valence-corrected chi connectivity index (χ0v) is 17.2. The maximum absolute atomic E-state index is 13.2. The minimum absolute atomic E-state index is 0.128. The van der Waals surface area contributed by atoms with Gasteiger partial charge in [0.2, 0.25) is 0 Å². The number of benzene rings is 1. The Hall–Kier alpha value is 0.0269. The first kappa shape index (κ1) is 18.4. The molecule has 1 fully saturated rings. The molecule has 1 aromatic carbocycles. The first-order valence-corrected chi connectivity index (χ1v) is 13.1. The fourth-order valence-electron chi connectivity index (χ4n) is 2.02. The van der Waals surface area contributed by atoms with Crippen LogP contribution in [0.5, 0.6) is 0 Å². The van der Waals surface area contributed by atoms with Gasteiger partial charge in [0.05, 0.1) is 13.2 Å². The van der Waals surface area contributed by atoms with Crippen LogP contribution in [0.4, 0.5) is 0 Å². The third-order valence-electron chi connectivity index (χ3n) is 3.18. The van der Waals surface area contributed by atoms with Crippen molar-refractivity contribution in [2.45, 2.75) is 39.3 Å². The van der Waals surface area contributed by atoms with Gasteiger partial charge >= 0.3 is 7.60 Å². The van der Waals surface area contributed by atoms with Gasteiger partial charge in [-0.3, -0.25) is 4.57 Å². The fraction of sp³-hybridized carbons (Fsp3) is 0.600. The van der Waals surface area contributed by atoms with Crippen LogP contribution in [-0.4, -0.2) is 21.5 Å². The van der Waals surface area contributed by atoms with E-state index >= 15 is 0 Å². The summed E-state index contributed by atoms with van der Waals surface area (Å²) in [5.41, 5.74) is 0.700. The Kier molecular flexibility index (Phi) is 5.42. The Morgan fingerprint density at radius 1 is 1.18 bits per heavy atom. The smallest absolute Gasteiger partial charge is 0.362 e. The van der Waals surface area contributed by atoms with Gasteiger partial charge in [0.15, 0.2) is 14.2 Å². The summed E-state index contributed by atoms with van der Waals surface area (Å²) in [7, 11) is -5.27. The molecule has 0 bridgehead atoms. The standard InChI is InChI=1S/C15H24BrO4PSi/c1-15(2)10-18-21(17,19-11-15)14(20-22(3,4)5)12-6-8-13(16)9-7-12/h6-9,14H,10-11H2,1-5H3. The van der Waals surface area contributed by atoms with Gasteiger partial charge in [-0.05, 0) is 37.3 Å². The molecule has 1 atom stereocenters. The van der Waals surface area contributed by atoms with Crippen LogP contribution in [0.3, 0.4) is 0 Å². The van der Waals surface area contributed by atoms with Gasteiger partial charge in [-0.15, -0.1) is 0 Å². The van der Waals surface area contributed by atoms with Crippen molar-refractivity contribution in [1.29, 1.82) is 0 Å². The topological polar surface area (TPSA) is 44.8 Å². The molecular weight excluding hydrogens is 383 g/mol. The van der Waals surface area contributed by atoms with Gasteiger partial charge < -0.3 is 13.5 Å². The largest absolute Gasteiger partial charge is 0.400 e. The number of halogens is 1. The number of hydrogen-bond acceptors (Lipinski definition) is 4. The number of rotatable bonds is 4. The van der Waals surface area contributed by atoms with Crippen molar-refractivity contribution in [3.8, 4) is 0 Å². The molecule has 1 aromatic rings.